The zero-order valence-electron chi connectivity index (χ0n) is 24.9. The molecule has 1 aliphatic heterocycles. The molecule has 2 amide bonds. The van der Waals surface area contributed by atoms with Gasteiger partial charge in [0.25, 0.3) is 9.70 Å². The Hall–Kier alpha value is -3.08. The van der Waals surface area contributed by atoms with Crippen molar-refractivity contribution >= 4 is 64.1 Å². The number of amides is 2. The van der Waals surface area contributed by atoms with Crippen LogP contribution >= 0.6 is 46.6 Å². The normalized spacial score (nSPS) is 18.2. The Bertz CT molecular complexity index is 1630. The molecule has 0 unspecified atom stereocenters. The molecule has 3 atom stereocenters. The first-order chi connectivity index (χ1) is 22.1. The summed E-state index contributed by atoms with van der Waals surface area (Å²) >= 11 is 18.7. The highest BCUT2D eigenvalue weighted by Crippen LogP contribution is 2.40. The molecule has 0 bridgehead atoms. The minimum absolute atomic E-state index is 0.0175. The van der Waals surface area contributed by atoms with E-state index in [-0.39, 0.29) is 31.3 Å². The summed E-state index contributed by atoms with van der Waals surface area (Å²) in [5, 5.41) is 14.9. The first-order valence-electron chi connectivity index (χ1n) is 14.6. The minimum Gasteiger partial charge on any atom is -0.392 e. The number of hydrogen-bond donors (Lipinski definition) is 3. The second-order valence-electron chi connectivity index (χ2n) is 10.9. The molecular weight excluding hydrogens is 667 g/mol. The fraction of sp³-hybridized carbons (Fsp3) is 0.257. The Kier molecular flexibility index (Phi) is 11.7. The SMILES string of the molecule is CC(=O)Nc1ccc(SC[C@H]2C[C@@H](c3ccc(CO)cc3)O[C@@H](c3ccc(-c4cccc(CNC(=O)C(Cl)(Cl)Cl)c4)cc3)O2)cc1. The maximum absolute atomic E-state index is 11.9. The number of benzene rings is 4. The lowest BCUT2D eigenvalue weighted by molar-refractivity contribution is -0.245. The van der Waals surface area contributed by atoms with Crippen molar-refractivity contribution in [2.45, 2.75) is 53.7 Å². The van der Waals surface area contributed by atoms with Crippen LogP contribution in [0, 0.1) is 0 Å². The van der Waals surface area contributed by atoms with Gasteiger partial charge in [-0.15, -0.1) is 11.8 Å². The quantitative estimate of drug-likeness (QED) is 0.114. The third-order valence-electron chi connectivity index (χ3n) is 7.38. The smallest absolute Gasteiger partial charge is 0.272 e. The van der Waals surface area contributed by atoms with E-state index in [1.165, 1.54) is 6.92 Å². The predicted molar refractivity (Wildman–Crippen MR) is 184 cm³/mol. The topological polar surface area (TPSA) is 96.9 Å². The molecular formula is C35H33Cl3N2O5S. The van der Waals surface area contributed by atoms with Gasteiger partial charge in [0.05, 0.1) is 18.8 Å². The number of aliphatic hydroxyl groups is 1. The van der Waals surface area contributed by atoms with Gasteiger partial charge in [-0.05, 0) is 58.1 Å². The van der Waals surface area contributed by atoms with Gasteiger partial charge in [0.15, 0.2) is 6.29 Å². The zero-order chi connectivity index (χ0) is 32.7. The van der Waals surface area contributed by atoms with Crippen LogP contribution in [0.1, 0.15) is 48.0 Å². The molecule has 3 N–H and O–H groups in total. The number of aliphatic hydroxyl groups excluding tert-OH is 1. The fourth-order valence-corrected chi connectivity index (χ4v) is 6.15. The number of rotatable bonds is 10. The van der Waals surface area contributed by atoms with E-state index in [0.29, 0.717) is 12.2 Å². The number of carbonyl (C=O) groups excluding carboxylic acids is 2. The van der Waals surface area contributed by atoms with Crippen LogP contribution in [0.25, 0.3) is 11.1 Å². The Morgan fingerprint density at radius 3 is 2.22 bits per heavy atom. The van der Waals surface area contributed by atoms with E-state index in [1.807, 2.05) is 97.1 Å². The molecule has 1 heterocycles. The number of hydrogen-bond acceptors (Lipinski definition) is 6. The summed E-state index contributed by atoms with van der Waals surface area (Å²) in [7, 11) is 0. The van der Waals surface area contributed by atoms with Crippen LogP contribution in [-0.4, -0.2) is 32.6 Å². The largest absolute Gasteiger partial charge is 0.392 e. The van der Waals surface area contributed by atoms with Gasteiger partial charge in [-0.1, -0.05) is 102 Å². The molecule has 5 rings (SSSR count). The summed E-state index contributed by atoms with van der Waals surface area (Å²) in [6.45, 7) is 1.69. The first-order valence-corrected chi connectivity index (χ1v) is 16.7. The molecule has 0 aromatic heterocycles. The number of carbonyl (C=O) groups is 2. The van der Waals surface area contributed by atoms with Gasteiger partial charge in [-0.25, -0.2) is 0 Å². The van der Waals surface area contributed by atoms with Crippen molar-refractivity contribution in [1.82, 2.24) is 5.32 Å². The molecule has 0 aliphatic carbocycles. The summed E-state index contributed by atoms with van der Waals surface area (Å²) < 4.78 is 11.0. The van der Waals surface area contributed by atoms with Crippen molar-refractivity contribution in [3.8, 4) is 11.1 Å². The number of nitrogens with one attached hydrogen (secondary N) is 2. The lowest BCUT2D eigenvalue weighted by Gasteiger charge is -2.36. The lowest BCUT2D eigenvalue weighted by atomic mass is 9.99. The van der Waals surface area contributed by atoms with Crippen molar-refractivity contribution < 1.29 is 24.2 Å². The van der Waals surface area contributed by atoms with E-state index in [1.54, 1.807) is 11.8 Å². The van der Waals surface area contributed by atoms with Crippen molar-refractivity contribution in [2.75, 3.05) is 11.1 Å². The average molecular weight is 700 g/mol. The fourth-order valence-electron chi connectivity index (χ4n) is 5.03. The summed E-state index contributed by atoms with van der Waals surface area (Å²) in [6.07, 6.45) is -0.202. The molecule has 0 saturated carbocycles. The van der Waals surface area contributed by atoms with Gasteiger partial charge in [0.2, 0.25) is 5.91 Å². The van der Waals surface area contributed by atoms with Crippen molar-refractivity contribution in [3.05, 3.63) is 119 Å². The second-order valence-corrected chi connectivity index (χ2v) is 14.2. The van der Waals surface area contributed by atoms with Crippen LogP contribution in [0.15, 0.2) is 102 Å². The summed E-state index contributed by atoms with van der Waals surface area (Å²) in [5.41, 5.74) is 6.33. The molecule has 0 radical (unpaired) electrons. The number of alkyl halides is 3. The highest BCUT2D eigenvalue weighted by atomic mass is 35.6. The Morgan fingerprint density at radius 1 is 0.870 bits per heavy atom. The number of ether oxygens (including phenoxy) is 2. The van der Waals surface area contributed by atoms with Crippen LogP contribution in [0.3, 0.4) is 0 Å². The lowest BCUT2D eigenvalue weighted by Crippen LogP contribution is -2.33. The Balaban J connectivity index is 1.30. The summed E-state index contributed by atoms with van der Waals surface area (Å²) in [6, 6.07) is 31.4. The van der Waals surface area contributed by atoms with Crippen LogP contribution in [0.2, 0.25) is 0 Å². The minimum atomic E-state index is -2.02. The van der Waals surface area contributed by atoms with Gasteiger partial charge in [0.1, 0.15) is 0 Å². The van der Waals surface area contributed by atoms with Crippen molar-refractivity contribution in [2.24, 2.45) is 0 Å². The molecule has 4 aromatic carbocycles. The predicted octanol–water partition coefficient (Wildman–Crippen LogP) is 8.13. The highest BCUT2D eigenvalue weighted by Gasteiger charge is 2.32. The number of anilines is 1. The Morgan fingerprint density at radius 2 is 1.57 bits per heavy atom. The number of halogens is 3. The standard InChI is InChI=1S/C35H33Cl3N2O5S/c1-22(42)40-29-13-15-31(16-14-29)46-21-30-18-32(26-7-5-23(20-41)6-8-26)45-33(44-30)27-11-9-25(10-12-27)28-4-2-3-24(17-28)19-39-34(43)35(36,37)38/h2-17,30,32-33,41H,18-21H2,1H3,(H,39,43)(H,40,42)/t30-,32+,33+/m1/s1. The molecule has 11 heteroatoms. The molecule has 46 heavy (non-hydrogen) atoms. The molecule has 7 nitrogen and oxygen atoms in total. The molecule has 1 aliphatic rings. The van der Waals surface area contributed by atoms with Crippen LogP contribution < -0.4 is 10.6 Å². The van der Waals surface area contributed by atoms with E-state index in [4.69, 9.17) is 44.3 Å². The molecule has 1 saturated heterocycles. The van der Waals surface area contributed by atoms with Gasteiger partial charge >= 0.3 is 0 Å². The van der Waals surface area contributed by atoms with E-state index >= 15 is 0 Å². The van der Waals surface area contributed by atoms with Gasteiger partial charge < -0.3 is 25.2 Å². The van der Waals surface area contributed by atoms with Gasteiger partial charge in [-0.2, -0.15) is 0 Å². The van der Waals surface area contributed by atoms with E-state index in [2.05, 4.69) is 10.6 Å². The van der Waals surface area contributed by atoms with Crippen LogP contribution in [-0.2, 0) is 32.2 Å². The maximum Gasteiger partial charge on any atom is 0.272 e. The molecule has 240 valence electrons. The second kappa shape index (κ2) is 15.7. The zero-order valence-corrected chi connectivity index (χ0v) is 28.0. The van der Waals surface area contributed by atoms with Gasteiger partial charge in [-0.3, -0.25) is 9.59 Å². The molecule has 0 spiro atoms. The third-order valence-corrected chi connectivity index (χ3v) is 9.04. The van der Waals surface area contributed by atoms with E-state index in [0.717, 1.165) is 44.0 Å². The van der Waals surface area contributed by atoms with Crippen molar-refractivity contribution in [3.63, 3.8) is 0 Å². The highest BCUT2D eigenvalue weighted by molar-refractivity contribution is 7.99. The van der Waals surface area contributed by atoms with Crippen LogP contribution in [0.4, 0.5) is 5.69 Å². The maximum atomic E-state index is 11.9. The molecule has 1 fully saturated rings. The van der Waals surface area contributed by atoms with Crippen molar-refractivity contribution in [1.29, 1.82) is 0 Å². The molecule has 4 aromatic rings. The van der Waals surface area contributed by atoms with E-state index in [9.17, 15) is 14.7 Å². The van der Waals surface area contributed by atoms with Gasteiger partial charge in [0, 0.05) is 41.8 Å². The van der Waals surface area contributed by atoms with E-state index < -0.39 is 16.0 Å². The third kappa shape index (κ3) is 9.48. The average Bonchev–Trinajstić information content (AvgIpc) is 3.06. The first kappa shape index (κ1) is 34.3. The number of thioether (sulfide) groups is 1. The summed E-state index contributed by atoms with van der Waals surface area (Å²) in [5.74, 6) is -0.0751. The van der Waals surface area contributed by atoms with Crippen LogP contribution in [0.5, 0.6) is 0 Å². The summed E-state index contributed by atoms with van der Waals surface area (Å²) in [4.78, 5) is 24.4. The monoisotopic (exact) mass is 698 g/mol. The Labute approximate surface area is 287 Å².